The van der Waals surface area contributed by atoms with E-state index in [0.717, 1.165) is 5.56 Å². The molecule has 0 aliphatic carbocycles. The van der Waals surface area contributed by atoms with Crippen molar-refractivity contribution in [2.45, 2.75) is 6.42 Å². The molecule has 6 nitrogen and oxygen atoms in total. The number of para-hydroxylation sites is 1. The quantitative estimate of drug-likeness (QED) is 0.656. The maximum atomic E-state index is 12.1. The number of nitrogens with one attached hydrogen (secondary N) is 1. The van der Waals surface area contributed by atoms with Crippen molar-refractivity contribution in [3.05, 3.63) is 69.8 Å². The number of non-ortho nitro benzene ring substituents is 1. The highest BCUT2D eigenvalue weighted by Crippen LogP contribution is 2.17. The van der Waals surface area contributed by atoms with Crippen LogP contribution in [0.4, 0.5) is 5.69 Å². The second-order valence-electron chi connectivity index (χ2n) is 4.63. The average molecular weight is 300 g/mol. The molecule has 2 aromatic rings. The summed E-state index contributed by atoms with van der Waals surface area (Å²) in [6.07, 6.45) is 0.596. The van der Waals surface area contributed by atoms with Gasteiger partial charge in [0.25, 0.3) is 11.6 Å². The van der Waals surface area contributed by atoms with Crippen LogP contribution in [0.3, 0.4) is 0 Å². The zero-order valence-corrected chi connectivity index (χ0v) is 12.1. The van der Waals surface area contributed by atoms with Gasteiger partial charge in [-0.05, 0) is 24.1 Å². The van der Waals surface area contributed by atoms with Gasteiger partial charge in [-0.15, -0.1) is 0 Å². The van der Waals surface area contributed by atoms with Crippen LogP contribution < -0.4 is 10.1 Å². The molecule has 0 fully saturated rings. The topological polar surface area (TPSA) is 81.5 Å². The molecule has 6 heteroatoms. The van der Waals surface area contributed by atoms with Crippen molar-refractivity contribution in [1.29, 1.82) is 0 Å². The van der Waals surface area contributed by atoms with Gasteiger partial charge in [-0.1, -0.05) is 24.3 Å². The Morgan fingerprint density at radius 2 is 1.86 bits per heavy atom. The largest absolute Gasteiger partial charge is 0.496 e. The Kier molecular flexibility index (Phi) is 5.08. The van der Waals surface area contributed by atoms with Crippen molar-refractivity contribution in [2.24, 2.45) is 0 Å². The SMILES string of the molecule is COc1ccccc1C(=O)NCCc1ccc([N+](=O)[O-])cc1. The van der Waals surface area contributed by atoms with Gasteiger partial charge in [0.05, 0.1) is 17.6 Å². The van der Waals surface area contributed by atoms with Crippen molar-refractivity contribution < 1.29 is 14.5 Å². The summed E-state index contributed by atoms with van der Waals surface area (Å²) in [7, 11) is 1.52. The highest BCUT2D eigenvalue weighted by atomic mass is 16.6. The van der Waals surface area contributed by atoms with Crippen LogP contribution >= 0.6 is 0 Å². The Morgan fingerprint density at radius 1 is 1.18 bits per heavy atom. The van der Waals surface area contributed by atoms with Gasteiger partial charge in [0, 0.05) is 18.7 Å². The highest BCUT2D eigenvalue weighted by Gasteiger charge is 2.10. The van der Waals surface area contributed by atoms with Crippen molar-refractivity contribution in [2.75, 3.05) is 13.7 Å². The van der Waals surface area contributed by atoms with E-state index in [1.165, 1.54) is 19.2 Å². The number of hydrogen-bond donors (Lipinski definition) is 1. The van der Waals surface area contributed by atoms with E-state index in [2.05, 4.69) is 5.32 Å². The smallest absolute Gasteiger partial charge is 0.269 e. The molecule has 0 aromatic heterocycles. The summed E-state index contributed by atoms with van der Waals surface area (Å²) in [5.41, 5.74) is 1.46. The summed E-state index contributed by atoms with van der Waals surface area (Å²) in [4.78, 5) is 22.2. The molecule has 0 saturated heterocycles. The normalized spacial score (nSPS) is 10.0. The minimum atomic E-state index is -0.437. The summed E-state index contributed by atoms with van der Waals surface area (Å²) < 4.78 is 5.14. The van der Waals surface area contributed by atoms with E-state index >= 15 is 0 Å². The zero-order valence-electron chi connectivity index (χ0n) is 12.1. The molecule has 1 N–H and O–H groups in total. The number of ether oxygens (including phenoxy) is 1. The number of carbonyl (C=O) groups excluding carboxylic acids is 1. The van der Waals surface area contributed by atoms with Crippen LogP contribution in [0.15, 0.2) is 48.5 Å². The van der Waals surface area contributed by atoms with E-state index in [1.807, 2.05) is 0 Å². The first-order chi connectivity index (χ1) is 10.6. The van der Waals surface area contributed by atoms with E-state index in [1.54, 1.807) is 36.4 Å². The van der Waals surface area contributed by atoms with E-state index < -0.39 is 4.92 Å². The predicted octanol–water partition coefficient (Wildman–Crippen LogP) is 2.58. The third-order valence-corrected chi connectivity index (χ3v) is 3.20. The zero-order chi connectivity index (χ0) is 15.9. The molecule has 0 unspecified atom stereocenters. The fourth-order valence-corrected chi connectivity index (χ4v) is 2.03. The molecule has 0 heterocycles. The summed E-state index contributed by atoms with van der Waals surface area (Å²) in [5, 5.41) is 13.4. The molecular formula is C16H16N2O4. The highest BCUT2D eigenvalue weighted by molar-refractivity contribution is 5.96. The Balaban J connectivity index is 1.90. The van der Waals surface area contributed by atoms with E-state index in [4.69, 9.17) is 4.74 Å². The maximum Gasteiger partial charge on any atom is 0.269 e. The Labute approximate surface area is 127 Å². The van der Waals surface area contributed by atoms with E-state index in [0.29, 0.717) is 24.3 Å². The standard InChI is InChI=1S/C16H16N2O4/c1-22-15-5-3-2-4-14(15)16(19)17-11-10-12-6-8-13(9-7-12)18(20)21/h2-9H,10-11H2,1H3,(H,17,19). The van der Waals surface area contributed by atoms with Gasteiger partial charge in [0.1, 0.15) is 5.75 Å². The fraction of sp³-hybridized carbons (Fsp3) is 0.188. The number of nitro benzene ring substituents is 1. The van der Waals surface area contributed by atoms with Crippen LogP contribution in [0.1, 0.15) is 15.9 Å². The molecular weight excluding hydrogens is 284 g/mol. The lowest BCUT2D eigenvalue weighted by atomic mass is 10.1. The summed E-state index contributed by atoms with van der Waals surface area (Å²) in [5.74, 6) is 0.315. The van der Waals surface area contributed by atoms with Gasteiger partial charge in [-0.25, -0.2) is 0 Å². The number of hydrogen-bond acceptors (Lipinski definition) is 4. The lowest BCUT2D eigenvalue weighted by molar-refractivity contribution is -0.384. The van der Waals surface area contributed by atoms with Crippen molar-refractivity contribution >= 4 is 11.6 Å². The van der Waals surface area contributed by atoms with Crippen LogP contribution in [-0.2, 0) is 6.42 Å². The molecule has 0 radical (unpaired) electrons. The summed E-state index contributed by atoms with van der Waals surface area (Å²) >= 11 is 0. The van der Waals surface area contributed by atoms with Gasteiger partial charge < -0.3 is 10.1 Å². The van der Waals surface area contributed by atoms with Crippen LogP contribution in [0.25, 0.3) is 0 Å². The molecule has 0 atom stereocenters. The number of methoxy groups -OCH3 is 1. The molecule has 0 aliphatic rings. The number of carbonyl (C=O) groups is 1. The molecule has 2 rings (SSSR count). The monoisotopic (exact) mass is 300 g/mol. The first-order valence-corrected chi connectivity index (χ1v) is 6.76. The van der Waals surface area contributed by atoms with E-state index in [-0.39, 0.29) is 11.6 Å². The fourth-order valence-electron chi connectivity index (χ4n) is 2.03. The average Bonchev–Trinajstić information content (AvgIpc) is 2.55. The molecule has 2 aromatic carbocycles. The predicted molar refractivity (Wildman–Crippen MR) is 82.1 cm³/mol. The molecule has 0 saturated carbocycles. The Morgan fingerprint density at radius 3 is 2.50 bits per heavy atom. The maximum absolute atomic E-state index is 12.1. The summed E-state index contributed by atoms with van der Waals surface area (Å²) in [6.45, 7) is 0.439. The van der Waals surface area contributed by atoms with Gasteiger partial charge in [0.15, 0.2) is 0 Å². The second kappa shape index (κ2) is 7.21. The molecule has 0 aliphatic heterocycles. The number of benzene rings is 2. The molecule has 0 spiro atoms. The Hall–Kier alpha value is -2.89. The third-order valence-electron chi connectivity index (χ3n) is 3.20. The number of nitrogens with zero attached hydrogens (tertiary/aromatic N) is 1. The lowest BCUT2D eigenvalue weighted by Crippen LogP contribution is -2.26. The summed E-state index contributed by atoms with van der Waals surface area (Å²) in [6, 6.07) is 13.3. The minimum Gasteiger partial charge on any atom is -0.496 e. The molecule has 114 valence electrons. The molecule has 22 heavy (non-hydrogen) atoms. The van der Waals surface area contributed by atoms with Gasteiger partial charge in [0.2, 0.25) is 0 Å². The van der Waals surface area contributed by atoms with Crippen molar-refractivity contribution in [3.8, 4) is 5.75 Å². The van der Waals surface area contributed by atoms with Gasteiger partial charge >= 0.3 is 0 Å². The minimum absolute atomic E-state index is 0.0572. The van der Waals surface area contributed by atoms with Crippen molar-refractivity contribution in [1.82, 2.24) is 5.32 Å². The molecule has 1 amide bonds. The first kappa shape index (κ1) is 15.5. The number of rotatable bonds is 6. The van der Waals surface area contributed by atoms with Gasteiger partial charge in [-0.3, -0.25) is 14.9 Å². The number of nitro groups is 1. The molecule has 0 bridgehead atoms. The lowest BCUT2D eigenvalue weighted by Gasteiger charge is -2.09. The van der Waals surface area contributed by atoms with Crippen LogP contribution in [0.5, 0.6) is 5.75 Å². The Bertz CT molecular complexity index is 668. The second-order valence-corrected chi connectivity index (χ2v) is 4.63. The first-order valence-electron chi connectivity index (χ1n) is 6.76. The van der Waals surface area contributed by atoms with E-state index in [9.17, 15) is 14.9 Å². The van der Waals surface area contributed by atoms with Crippen molar-refractivity contribution in [3.63, 3.8) is 0 Å². The number of amides is 1. The van der Waals surface area contributed by atoms with Gasteiger partial charge in [-0.2, -0.15) is 0 Å². The third kappa shape index (κ3) is 3.82. The van der Waals surface area contributed by atoms with Crippen LogP contribution in [-0.4, -0.2) is 24.5 Å². The van der Waals surface area contributed by atoms with Crippen LogP contribution in [0.2, 0.25) is 0 Å². The van der Waals surface area contributed by atoms with Crippen LogP contribution in [0, 0.1) is 10.1 Å².